The third-order valence-corrected chi connectivity index (χ3v) is 4.23. The van der Waals surface area contributed by atoms with E-state index in [1.165, 1.54) is 0 Å². The Hall–Kier alpha value is -3.34. The molecule has 3 rings (SSSR count). The highest BCUT2D eigenvalue weighted by Gasteiger charge is 2.25. The van der Waals surface area contributed by atoms with Crippen LogP contribution in [0.15, 0.2) is 71.3 Å². The van der Waals surface area contributed by atoms with Crippen molar-refractivity contribution in [3.8, 4) is 0 Å². The van der Waals surface area contributed by atoms with Gasteiger partial charge in [-0.3, -0.25) is 9.59 Å². The lowest BCUT2D eigenvalue weighted by molar-refractivity contribution is -0.154. The maximum atomic E-state index is 12.9. The molecule has 0 spiro atoms. The second-order valence-electron chi connectivity index (χ2n) is 6.73. The lowest BCUT2D eigenvalue weighted by Crippen LogP contribution is -2.26. The van der Waals surface area contributed by atoms with Crippen LogP contribution in [0.3, 0.4) is 0 Å². The monoisotopic (exact) mass is 377 g/mol. The van der Waals surface area contributed by atoms with Crippen molar-refractivity contribution >= 4 is 17.6 Å². The third-order valence-electron chi connectivity index (χ3n) is 4.23. The van der Waals surface area contributed by atoms with Gasteiger partial charge in [0.1, 0.15) is 5.76 Å². The number of hydrogen-bond donors (Lipinski definition) is 1. The zero-order valence-corrected chi connectivity index (χ0v) is 16.0. The fourth-order valence-corrected chi connectivity index (χ4v) is 3.03. The first-order valence-electron chi connectivity index (χ1n) is 9.17. The van der Waals surface area contributed by atoms with E-state index in [1.54, 1.807) is 30.5 Å². The van der Waals surface area contributed by atoms with Crippen LogP contribution in [0.4, 0.5) is 5.69 Å². The SMILES string of the molecule is Cc1cc(C)cc(NC(=O)C(OC(=O)CCc2ccco2)c2ccccc2)c1. The molecule has 0 bridgehead atoms. The highest BCUT2D eigenvalue weighted by atomic mass is 16.5. The van der Waals surface area contributed by atoms with E-state index in [1.807, 2.05) is 50.2 Å². The number of amides is 1. The molecule has 0 radical (unpaired) electrons. The molecule has 28 heavy (non-hydrogen) atoms. The molecule has 5 nitrogen and oxygen atoms in total. The molecule has 0 saturated carbocycles. The molecule has 3 aromatic rings. The molecule has 1 heterocycles. The minimum atomic E-state index is -1.02. The first-order chi connectivity index (χ1) is 13.5. The molecule has 0 aliphatic carbocycles. The van der Waals surface area contributed by atoms with Crippen molar-refractivity contribution < 1.29 is 18.7 Å². The first kappa shape index (κ1) is 19.4. The Morgan fingerprint density at radius 3 is 2.36 bits per heavy atom. The molecule has 5 heteroatoms. The normalized spacial score (nSPS) is 11.6. The number of hydrogen-bond acceptors (Lipinski definition) is 4. The van der Waals surface area contributed by atoms with Gasteiger partial charge in [0.15, 0.2) is 0 Å². The highest BCUT2D eigenvalue weighted by molar-refractivity contribution is 5.96. The number of benzene rings is 2. The maximum Gasteiger partial charge on any atom is 0.307 e. The van der Waals surface area contributed by atoms with E-state index < -0.39 is 12.1 Å². The topological polar surface area (TPSA) is 68.5 Å². The van der Waals surface area contributed by atoms with E-state index in [-0.39, 0.29) is 12.3 Å². The summed E-state index contributed by atoms with van der Waals surface area (Å²) in [7, 11) is 0. The van der Waals surface area contributed by atoms with Crippen LogP contribution in [0.25, 0.3) is 0 Å². The van der Waals surface area contributed by atoms with Gasteiger partial charge in [0, 0.05) is 17.7 Å². The van der Waals surface area contributed by atoms with Crippen molar-refractivity contribution in [3.63, 3.8) is 0 Å². The molecular formula is C23H23NO4. The molecule has 1 atom stereocenters. The summed E-state index contributed by atoms with van der Waals surface area (Å²) in [5, 5.41) is 2.86. The molecule has 0 saturated heterocycles. The van der Waals surface area contributed by atoms with E-state index in [2.05, 4.69) is 5.32 Å². The summed E-state index contributed by atoms with van der Waals surface area (Å²) in [6, 6.07) is 18.4. The van der Waals surface area contributed by atoms with Gasteiger partial charge in [0.25, 0.3) is 5.91 Å². The Balaban J connectivity index is 1.72. The van der Waals surface area contributed by atoms with Crippen LogP contribution >= 0.6 is 0 Å². The van der Waals surface area contributed by atoms with Gasteiger partial charge in [0.2, 0.25) is 6.10 Å². The maximum absolute atomic E-state index is 12.9. The average Bonchev–Trinajstić information content (AvgIpc) is 3.18. The zero-order valence-electron chi connectivity index (χ0n) is 16.0. The van der Waals surface area contributed by atoms with Gasteiger partial charge < -0.3 is 14.5 Å². The van der Waals surface area contributed by atoms with E-state index in [0.29, 0.717) is 23.4 Å². The minimum Gasteiger partial charge on any atom is -0.469 e. The zero-order chi connectivity index (χ0) is 19.9. The van der Waals surface area contributed by atoms with Crippen LogP contribution in [0, 0.1) is 13.8 Å². The number of nitrogens with one attached hydrogen (secondary N) is 1. The van der Waals surface area contributed by atoms with Gasteiger partial charge in [-0.05, 0) is 49.2 Å². The fraction of sp³-hybridized carbons (Fsp3) is 0.217. The largest absolute Gasteiger partial charge is 0.469 e. The van der Waals surface area contributed by atoms with Gasteiger partial charge in [-0.25, -0.2) is 0 Å². The summed E-state index contributed by atoms with van der Waals surface area (Å²) in [6.45, 7) is 3.93. The second-order valence-corrected chi connectivity index (χ2v) is 6.73. The van der Waals surface area contributed by atoms with Gasteiger partial charge in [0.05, 0.1) is 12.7 Å². The van der Waals surface area contributed by atoms with E-state index in [9.17, 15) is 9.59 Å². The van der Waals surface area contributed by atoms with Crippen LogP contribution < -0.4 is 5.32 Å². The molecule has 1 N–H and O–H groups in total. The molecule has 1 amide bonds. The third kappa shape index (κ3) is 5.33. The van der Waals surface area contributed by atoms with Crippen molar-refractivity contribution in [1.82, 2.24) is 0 Å². The molecular weight excluding hydrogens is 354 g/mol. The number of carbonyl (C=O) groups excluding carboxylic acids is 2. The van der Waals surface area contributed by atoms with Gasteiger partial charge in [-0.1, -0.05) is 36.4 Å². The molecule has 144 valence electrons. The number of esters is 1. The van der Waals surface area contributed by atoms with Crippen LogP contribution in [-0.4, -0.2) is 11.9 Å². The summed E-state index contributed by atoms with van der Waals surface area (Å²) >= 11 is 0. The standard InChI is InChI=1S/C23H23NO4/c1-16-13-17(2)15-19(14-16)24-23(26)22(18-7-4-3-5-8-18)28-21(25)11-10-20-9-6-12-27-20/h3-9,12-15,22H,10-11H2,1-2H3,(H,24,26). The first-order valence-corrected chi connectivity index (χ1v) is 9.17. The number of aryl methyl sites for hydroxylation is 3. The van der Waals surface area contributed by atoms with Crippen molar-refractivity contribution in [2.24, 2.45) is 0 Å². The Morgan fingerprint density at radius 1 is 1.00 bits per heavy atom. The fourth-order valence-electron chi connectivity index (χ4n) is 3.03. The molecule has 0 aliphatic heterocycles. The van der Waals surface area contributed by atoms with Crippen LogP contribution in [0.1, 0.15) is 35.0 Å². The smallest absolute Gasteiger partial charge is 0.307 e. The van der Waals surface area contributed by atoms with Gasteiger partial charge in [-0.15, -0.1) is 0 Å². The molecule has 1 aromatic heterocycles. The lowest BCUT2D eigenvalue weighted by atomic mass is 10.1. The quantitative estimate of drug-likeness (QED) is 0.603. The van der Waals surface area contributed by atoms with E-state index >= 15 is 0 Å². The Kier molecular flexibility index (Phi) is 6.27. The number of carbonyl (C=O) groups is 2. The highest BCUT2D eigenvalue weighted by Crippen LogP contribution is 2.22. The molecule has 2 aromatic carbocycles. The van der Waals surface area contributed by atoms with Crippen LogP contribution in [0.5, 0.6) is 0 Å². The summed E-state index contributed by atoms with van der Waals surface area (Å²) in [4.78, 5) is 25.2. The average molecular weight is 377 g/mol. The summed E-state index contributed by atoms with van der Waals surface area (Å²) in [5.74, 6) is -0.142. The molecule has 0 fully saturated rings. The molecule has 0 aliphatic rings. The van der Waals surface area contributed by atoms with Crippen molar-refractivity contribution in [2.75, 3.05) is 5.32 Å². The van der Waals surface area contributed by atoms with Crippen molar-refractivity contribution in [2.45, 2.75) is 32.8 Å². The predicted molar refractivity (Wildman–Crippen MR) is 107 cm³/mol. The number of anilines is 1. The van der Waals surface area contributed by atoms with E-state index in [4.69, 9.17) is 9.15 Å². The number of rotatable bonds is 7. The summed E-state index contributed by atoms with van der Waals surface area (Å²) in [5.41, 5.74) is 3.38. The molecule has 1 unspecified atom stereocenters. The number of ether oxygens (including phenoxy) is 1. The van der Waals surface area contributed by atoms with Crippen LogP contribution in [-0.2, 0) is 20.7 Å². The number of furan rings is 1. The van der Waals surface area contributed by atoms with Crippen molar-refractivity contribution in [1.29, 1.82) is 0 Å². The van der Waals surface area contributed by atoms with Gasteiger partial charge in [-0.2, -0.15) is 0 Å². The Bertz CT molecular complexity index is 912. The van der Waals surface area contributed by atoms with E-state index in [0.717, 1.165) is 11.1 Å². The summed E-state index contributed by atoms with van der Waals surface area (Å²) < 4.78 is 10.8. The van der Waals surface area contributed by atoms with Gasteiger partial charge >= 0.3 is 5.97 Å². The minimum absolute atomic E-state index is 0.133. The lowest BCUT2D eigenvalue weighted by Gasteiger charge is -2.18. The Labute approximate surface area is 164 Å². The Morgan fingerprint density at radius 2 is 1.71 bits per heavy atom. The summed E-state index contributed by atoms with van der Waals surface area (Å²) in [6.07, 6.45) is 1.09. The predicted octanol–water partition coefficient (Wildman–Crippen LogP) is 4.75. The second kappa shape index (κ2) is 9.04. The van der Waals surface area contributed by atoms with Crippen LogP contribution in [0.2, 0.25) is 0 Å². The van der Waals surface area contributed by atoms with Crippen molar-refractivity contribution in [3.05, 3.63) is 89.4 Å².